The molecule has 3 heterocycles. The minimum atomic E-state index is -3.42. The summed E-state index contributed by atoms with van der Waals surface area (Å²) < 4.78 is 30.1. The molecule has 0 unspecified atom stereocenters. The van der Waals surface area contributed by atoms with Crippen LogP contribution in [0.15, 0.2) is 24.3 Å². The average molecular weight is 419 g/mol. The topological polar surface area (TPSA) is 91.6 Å². The van der Waals surface area contributed by atoms with Crippen LogP contribution in [-0.2, 0) is 10.2 Å². The van der Waals surface area contributed by atoms with Crippen molar-refractivity contribution in [3.63, 3.8) is 0 Å². The number of aryl methyl sites for hydroxylation is 1. The van der Waals surface area contributed by atoms with Gasteiger partial charge in [0.1, 0.15) is 0 Å². The van der Waals surface area contributed by atoms with E-state index in [1.807, 2.05) is 38.1 Å². The highest BCUT2D eigenvalue weighted by molar-refractivity contribution is 7.86. The Morgan fingerprint density at radius 1 is 0.931 bits per heavy atom. The molecule has 2 aromatic rings. The second kappa shape index (κ2) is 7.85. The Hall–Kier alpha value is -2.30. The molecule has 0 radical (unpaired) electrons. The van der Waals surface area contributed by atoms with Crippen molar-refractivity contribution < 1.29 is 13.2 Å². The molecule has 1 amide bonds. The second-order valence-electron chi connectivity index (χ2n) is 7.53. The van der Waals surface area contributed by atoms with E-state index in [-0.39, 0.29) is 5.91 Å². The molecule has 9 nitrogen and oxygen atoms in total. The van der Waals surface area contributed by atoms with Crippen molar-refractivity contribution in [3.8, 4) is 5.69 Å². The Bertz CT molecular complexity index is 1000. The van der Waals surface area contributed by atoms with Gasteiger partial charge in [0.05, 0.1) is 11.4 Å². The van der Waals surface area contributed by atoms with Crippen molar-refractivity contribution in [2.45, 2.75) is 26.7 Å². The number of nitrogens with zero attached hydrogens (tertiary/aromatic N) is 6. The molecule has 1 aromatic heterocycles. The van der Waals surface area contributed by atoms with Crippen LogP contribution in [0.2, 0.25) is 0 Å². The van der Waals surface area contributed by atoms with Crippen molar-refractivity contribution in [2.24, 2.45) is 0 Å². The Labute approximate surface area is 171 Å². The number of piperazine rings is 1. The van der Waals surface area contributed by atoms with E-state index in [0.29, 0.717) is 50.7 Å². The van der Waals surface area contributed by atoms with Crippen LogP contribution in [0.1, 0.15) is 34.6 Å². The molecule has 2 aliphatic rings. The summed E-state index contributed by atoms with van der Waals surface area (Å²) in [4.78, 5) is 14.7. The van der Waals surface area contributed by atoms with E-state index in [0.717, 1.165) is 24.1 Å². The lowest BCUT2D eigenvalue weighted by molar-refractivity contribution is 0.0687. The Balaban J connectivity index is 1.46. The molecule has 0 bridgehead atoms. The summed E-state index contributed by atoms with van der Waals surface area (Å²) in [5, 5.41) is 8.30. The number of hydrogen-bond acceptors (Lipinski definition) is 5. The van der Waals surface area contributed by atoms with Crippen LogP contribution in [0, 0.1) is 13.8 Å². The first-order valence-corrected chi connectivity index (χ1v) is 11.3. The molecule has 0 saturated carbocycles. The molecule has 10 heteroatoms. The van der Waals surface area contributed by atoms with E-state index in [1.54, 1.807) is 13.9 Å². The minimum absolute atomic E-state index is 0.208. The summed E-state index contributed by atoms with van der Waals surface area (Å²) in [6.45, 7) is 6.29. The zero-order valence-corrected chi connectivity index (χ0v) is 17.6. The van der Waals surface area contributed by atoms with Crippen LogP contribution in [0.3, 0.4) is 0 Å². The predicted octanol–water partition coefficient (Wildman–Crippen LogP) is 0.983. The molecular formula is C19H26N6O3S. The smallest absolute Gasteiger partial charge is 0.282 e. The zero-order valence-electron chi connectivity index (χ0n) is 16.8. The Kier molecular flexibility index (Phi) is 5.41. The molecule has 0 N–H and O–H groups in total. The monoisotopic (exact) mass is 418 g/mol. The van der Waals surface area contributed by atoms with Gasteiger partial charge in [0, 0.05) is 39.3 Å². The average Bonchev–Trinajstić information content (AvgIpc) is 3.39. The minimum Gasteiger partial charge on any atom is -0.335 e. The van der Waals surface area contributed by atoms with E-state index in [4.69, 9.17) is 0 Å². The van der Waals surface area contributed by atoms with Crippen LogP contribution in [0.4, 0.5) is 0 Å². The normalized spacial score (nSPS) is 19.0. The van der Waals surface area contributed by atoms with Crippen molar-refractivity contribution in [2.75, 3.05) is 39.3 Å². The van der Waals surface area contributed by atoms with Gasteiger partial charge in [-0.1, -0.05) is 23.4 Å². The number of rotatable bonds is 4. The first kappa shape index (κ1) is 20.0. The van der Waals surface area contributed by atoms with Crippen LogP contribution in [-0.4, -0.2) is 82.1 Å². The molecule has 2 saturated heterocycles. The molecular weight excluding hydrogens is 392 g/mol. The fourth-order valence-corrected chi connectivity index (χ4v) is 5.58. The lowest BCUT2D eigenvalue weighted by Crippen LogP contribution is -2.53. The first-order chi connectivity index (χ1) is 13.9. The van der Waals surface area contributed by atoms with E-state index in [2.05, 4.69) is 10.3 Å². The highest BCUT2D eigenvalue weighted by Crippen LogP contribution is 2.20. The maximum atomic E-state index is 13.0. The third-order valence-corrected chi connectivity index (χ3v) is 7.72. The first-order valence-electron chi connectivity index (χ1n) is 9.92. The van der Waals surface area contributed by atoms with Crippen LogP contribution >= 0.6 is 0 Å². The summed E-state index contributed by atoms with van der Waals surface area (Å²) in [6, 6.07) is 7.79. The fourth-order valence-electron chi connectivity index (χ4n) is 3.91. The number of benzene rings is 1. The van der Waals surface area contributed by atoms with Gasteiger partial charge in [-0.2, -0.15) is 17.0 Å². The van der Waals surface area contributed by atoms with Gasteiger partial charge in [0.25, 0.3) is 16.1 Å². The summed E-state index contributed by atoms with van der Waals surface area (Å²) >= 11 is 0. The lowest BCUT2D eigenvalue weighted by Gasteiger charge is -2.35. The van der Waals surface area contributed by atoms with Gasteiger partial charge in [-0.05, 0) is 38.3 Å². The van der Waals surface area contributed by atoms with Gasteiger partial charge < -0.3 is 4.90 Å². The maximum absolute atomic E-state index is 13.0. The summed E-state index contributed by atoms with van der Waals surface area (Å²) in [5.74, 6) is -0.208. The largest absolute Gasteiger partial charge is 0.335 e. The number of carbonyl (C=O) groups is 1. The Morgan fingerprint density at radius 2 is 1.55 bits per heavy atom. The van der Waals surface area contributed by atoms with Crippen molar-refractivity contribution in [1.29, 1.82) is 0 Å². The van der Waals surface area contributed by atoms with Gasteiger partial charge in [0.2, 0.25) is 0 Å². The quantitative estimate of drug-likeness (QED) is 0.738. The standard InChI is InChI=1S/C19H26N6O3S/c1-15-7-3-4-8-17(15)25-16(2)18(20-21-25)19(26)22-11-13-24(14-12-22)29(27,28)23-9-5-6-10-23/h3-4,7-8H,5-6,9-14H2,1-2H3. The van der Waals surface area contributed by atoms with Gasteiger partial charge in [-0.25, -0.2) is 4.68 Å². The number of aromatic nitrogens is 3. The Morgan fingerprint density at radius 3 is 2.21 bits per heavy atom. The van der Waals surface area contributed by atoms with Crippen LogP contribution < -0.4 is 0 Å². The molecule has 156 valence electrons. The van der Waals surface area contributed by atoms with Gasteiger partial charge >= 0.3 is 0 Å². The van der Waals surface area contributed by atoms with Crippen molar-refractivity contribution >= 4 is 16.1 Å². The summed E-state index contributed by atoms with van der Waals surface area (Å²) in [6.07, 6.45) is 1.82. The maximum Gasteiger partial charge on any atom is 0.282 e. The van der Waals surface area contributed by atoms with Crippen LogP contribution in [0.5, 0.6) is 0 Å². The summed E-state index contributed by atoms with van der Waals surface area (Å²) in [5.41, 5.74) is 2.92. The predicted molar refractivity (Wildman–Crippen MR) is 108 cm³/mol. The number of para-hydroxylation sites is 1. The lowest BCUT2D eigenvalue weighted by atomic mass is 10.2. The third kappa shape index (κ3) is 3.67. The summed E-state index contributed by atoms with van der Waals surface area (Å²) in [7, 11) is -3.42. The van der Waals surface area contributed by atoms with Gasteiger partial charge in [0.15, 0.2) is 5.69 Å². The molecule has 0 spiro atoms. The molecule has 0 aliphatic carbocycles. The molecule has 0 atom stereocenters. The van der Waals surface area contributed by atoms with E-state index >= 15 is 0 Å². The van der Waals surface area contributed by atoms with E-state index in [1.165, 1.54) is 4.31 Å². The second-order valence-corrected chi connectivity index (χ2v) is 9.46. The number of hydrogen-bond donors (Lipinski definition) is 0. The highest BCUT2D eigenvalue weighted by Gasteiger charge is 2.35. The van der Waals surface area contributed by atoms with Gasteiger partial charge in [-0.3, -0.25) is 4.79 Å². The number of amides is 1. The van der Waals surface area contributed by atoms with E-state index < -0.39 is 10.2 Å². The van der Waals surface area contributed by atoms with Gasteiger partial charge in [-0.15, -0.1) is 5.10 Å². The van der Waals surface area contributed by atoms with Crippen molar-refractivity contribution in [3.05, 3.63) is 41.2 Å². The highest BCUT2D eigenvalue weighted by atomic mass is 32.2. The molecule has 2 aliphatic heterocycles. The van der Waals surface area contributed by atoms with Crippen LogP contribution in [0.25, 0.3) is 5.69 Å². The molecule has 4 rings (SSSR count). The third-order valence-electron chi connectivity index (χ3n) is 5.68. The molecule has 1 aromatic carbocycles. The molecule has 29 heavy (non-hydrogen) atoms. The fraction of sp³-hybridized carbons (Fsp3) is 0.526. The van der Waals surface area contributed by atoms with Crippen molar-refractivity contribution in [1.82, 2.24) is 28.5 Å². The van der Waals surface area contributed by atoms with E-state index in [9.17, 15) is 13.2 Å². The SMILES string of the molecule is Cc1ccccc1-n1nnc(C(=O)N2CCN(S(=O)(=O)N3CCCC3)CC2)c1C. The zero-order chi connectivity index (χ0) is 20.6. The molecule has 2 fully saturated rings. The number of carbonyl (C=O) groups excluding carboxylic acids is 1.